The standard InChI is InChI=1S/C12H15NO3.ClH/c1-15-12(14)11-5-3-9-6-8(7-13)2-4-10(9)16-11;/h2,4,6,11H,3,5,7,13H2,1H3;1H. The maximum absolute atomic E-state index is 11.3. The van der Waals surface area contributed by atoms with Crippen molar-refractivity contribution >= 4 is 18.4 Å². The van der Waals surface area contributed by atoms with E-state index in [2.05, 4.69) is 4.74 Å². The number of methoxy groups -OCH3 is 1. The summed E-state index contributed by atoms with van der Waals surface area (Å²) in [6.07, 6.45) is 1.01. The van der Waals surface area contributed by atoms with Gasteiger partial charge in [-0.15, -0.1) is 12.4 Å². The van der Waals surface area contributed by atoms with E-state index in [-0.39, 0.29) is 18.4 Å². The van der Waals surface area contributed by atoms with E-state index < -0.39 is 6.10 Å². The molecule has 17 heavy (non-hydrogen) atoms. The summed E-state index contributed by atoms with van der Waals surface area (Å²) in [4.78, 5) is 11.3. The molecule has 1 aliphatic heterocycles. The molecule has 1 aromatic rings. The number of halogens is 1. The van der Waals surface area contributed by atoms with Crippen LogP contribution in [0.15, 0.2) is 18.2 Å². The fourth-order valence-corrected chi connectivity index (χ4v) is 1.87. The topological polar surface area (TPSA) is 61.5 Å². The highest BCUT2D eigenvalue weighted by molar-refractivity contribution is 5.85. The molecule has 1 unspecified atom stereocenters. The molecule has 1 aliphatic rings. The smallest absolute Gasteiger partial charge is 0.347 e. The van der Waals surface area contributed by atoms with E-state index in [0.717, 1.165) is 23.3 Å². The zero-order valence-electron chi connectivity index (χ0n) is 9.64. The summed E-state index contributed by atoms with van der Waals surface area (Å²) >= 11 is 0. The second kappa shape index (κ2) is 5.89. The van der Waals surface area contributed by atoms with Crippen molar-refractivity contribution in [3.8, 4) is 5.75 Å². The molecule has 2 rings (SSSR count). The number of hydrogen-bond acceptors (Lipinski definition) is 4. The van der Waals surface area contributed by atoms with Crippen molar-refractivity contribution in [2.45, 2.75) is 25.5 Å². The van der Waals surface area contributed by atoms with Crippen LogP contribution in [0.3, 0.4) is 0 Å². The number of ether oxygens (including phenoxy) is 2. The summed E-state index contributed by atoms with van der Waals surface area (Å²) in [5.41, 5.74) is 7.76. The van der Waals surface area contributed by atoms with Crippen molar-refractivity contribution in [2.24, 2.45) is 5.73 Å². The Balaban J connectivity index is 0.00000144. The van der Waals surface area contributed by atoms with Crippen molar-refractivity contribution in [1.29, 1.82) is 0 Å². The molecule has 94 valence electrons. The summed E-state index contributed by atoms with van der Waals surface area (Å²) in [6, 6.07) is 5.81. The normalized spacial score (nSPS) is 17.4. The Hall–Kier alpha value is -1.26. The van der Waals surface area contributed by atoms with Crippen LogP contribution in [0.2, 0.25) is 0 Å². The Morgan fingerprint density at radius 1 is 1.59 bits per heavy atom. The number of carbonyl (C=O) groups excluding carboxylic acids is 1. The summed E-state index contributed by atoms with van der Waals surface area (Å²) in [6.45, 7) is 0.522. The van der Waals surface area contributed by atoms with Crippen LogP contribution in [0.25, 0.3) is 0 Å². The largest absolute Gasteiger partial charge is 0.478 e. The SMILES string of the molecule is COC(=O)C1CCc2cc(CN)ccc2O1.Cl. The molecule has 0 spiro atoms. The van der Waals surface area contributed by atoms with Crippen LogP contribution < -0.4 is 10.5 Å². The highest BCUT2D eigenvalue weighted by atomic mass is 35.5. The molecule has 1 atom stereocenters. The maximum Gasteiger partial charge on any atom is 0.347 e. The fraction of sp³-hybridized carbons (Fsp3) is 0.417. The number of aryl methyl sites for hydroxylation is 1. The molecule has 0 amide bonds. The Kier molecular flexibility index (Phi) is 4.78. The Bertz CT molecular complexity index is 409. The molecule has 2 N–H and O–H groups in total. The molecule has 0 aliphatic carbocycles. The molecule has 1 heterocycles. The quantitative estimate of drug-likeness (QED) is 0.815. The number of fused-ring (bicyclic) bond motifs is 1. The summed E-state index contributed by atoms with van der Waals surface area (Å²) in [5.74, 6) is 0.451. The third-order valence-corrected chi connectivity index (χ3v) is 2.77. The summed E-state index contributed by atoms with van der Waals surface area (Å²) < 4.78 is 10.2. The van der Waals surface area contributed by atoms with Gasteiger partial charge in [-0.2, -0.15) is 0 Å². The van der Waals surface area contributed by atoms with E-state index >= 15 is 0 Å². The molecule has 5 heteroatoms. The molecule has 0 radical (unpaired) electrons. The van der Waals surface area contributed by atoms with Gasteiger partial charge in [0.1, 0.15) is 5.75 Å². The van der Waals surface area contributed by atoms with Gasteiger partial charge in [0.25, 0.3) is 0 Å². The number of hydrogen-bond donors (Lipinski definition) is 1. The number of carbonyl (C=O) groups is 1. The monoisotopic (exact) mass is 257 g/mol. The minimum atomic E-state index is -0.471. The Morgan fingerprint density at radius 2 is 2.35 bits per heavy atom. The average Bonchev–Trinajstić information content (AvgIpc) is 2.36. The first-order chi connectivity index (χ1) is 7.74. The lowest BCUT2D eigenvalue weighted by Gasteiger charge is -2.24. The Labute approximate surface area is 106 Å². The second-order valence-corrected chi connectivity index (χ2v) is 3.81. The van der Waals surface area contributed by atoms with Crippen LogP contribution in [0.5, 0.6) is 5.75 Å². The van der Waals surface area contributed by atoms with Crippen molar-refractivity contribution in [3.63, 3.8) is 0 Å². The molecule has 4 nitrogen and oxygen atoms in total. The lowest BCUT2D eigenvalue weighted by Crippen LogP contribution is -2.32. The fourth-order valence-electron chi connectivity index (χ4n) is 1.87. The highest BCUT2D eigenvalue weighted by Crippen LogP contribution is 2.28. The van der Waals surface area contributed by atoms with Gasteiger partial charge in [-0.1, -0.05) is 12.1 Å². The van der Waals surface area contributed by atoms with Crippen molar-refractivity contribution in [3.05, 3.63) is 29.3 Å². The van der Waals surface area contributed by atoms with Gasteiger partial charge < -0.3 is 15.2 Å². The third-order valence-electron chi connectivity index (χ3n) is 2.77. The number of benzene rings is 1. The van der Waals surface area contributed by atoms with Gasteiger partial charge in [0.15, 0.2) is 6.10 Å². The molecule has 0 bridgehead atoms. The van der Waals surface area contributed by atoms with Gasteiger partial charge in [-0.25, -0.2) is 4.79 Å². The van der Waals surface area contributed by atoms with Gasteiger partial charge in [0.2, 0.25) is 0 Å². The van der Waals surface area contributed by atoms with Crippen LogP contribution in [-0.4, -0.2) is 19.2 Å². The first-order valence-corrected chi connectivity index (χ1v) is 5.31. The van der Waals surface area contributed by atoms with Crippen molar-refractivity contribution in [1.82, 2.24) is 0 Å². The van der Waals surface area contributed by atoms with Gasteiger partial charge >= 0.3 is 5.97 Å². The predicted octanol–water partition coefficient (Wildman–Crippen LogP) is 1.43. The maximum atomic E-state index is 11.3. The van der Waals surface area contributed by atoms with E-state index in [1.54, 1.807) is 0 Å². The molecular formula is C12H16ClNO3. The minimum absolute atomic E-state index is 0. The van der Waals surface area contributed by atoms with Crippen LogP contribution >= 0.6 is 12.4 Å². The van der Waals surface area contributed by atoms with Gasteiger partial charge in [0.05, 0.1) is 7.11 Å². The average molecular weight is 258 g/mol. The molecular weight excluding hydrogens is 242 g/mol. The van der Waals surface area contributed by atoms with E-state index in [4.69, 9.17) is 10.5 Å². The third kappa shape index (κ3) is 2.90. The number of esters is 1. The minimum Gasteiger partial charge on any atom is -0.478 e. The van der Waals surface area contributed by atoms with Crippen LogP contribution in [0.4, 0.5) is 0 Å². The predicted molar refractivity (Wildman–Crippen MR) is 66.3 cm³/mol. The zero-order chi connectivity index (χ0) is 11.5. The lowest BCUT2D eigenvalue weighted by atomic mass is 10.00. The lowest BCUT2D eigenvalue weighted by molar-refractivity contribution is -0.149. The van der Waals surface area contributed by atoms with Crippen LogP contribution in [-0.2, 0) is 22.5 Å². The van der Waals surface area contributed by atoms with Crippen molar-refractivity contribution in [2.75, 3.05) is 7.11 Å². The number of nitrogens with two attached hydrogens (primary N) is 1. The first-order valence-electron chi connectivity index (χ1n) is 5.31. The van der Waals surface area contributed by atoms with E-state index in [1.807, 2.05) is 18.2 Å². The first kappa shape index (κ1) is 13.8. The van der Waals surface area contributed by atoms with Gasteiger partial charge in [-0.3, -0.25) is 0 Å². The van der Waals surface area contributed by atoms with Gasteiger partial charge in [-0.05, 0) is 30.0 Å². The molecule has 1 aromatic carbocycles. The summed E-state index contributed by atoms with van der Waals surface area (Å²) in [7, 11) is 1.37. The molecule has 0 saturated carbocycles. The van der Waals surface area contributed by atoms with Crippen LogP contribution in [0, 0.1) is 0 Å². The van der Waals surface area contributed by atoms with Crippen molar-refractivity contribution < 1.29 is 14.3 Å². The number of rotatable bonds is 2. The second-order valence-electron chi connectivity index (χ2n) is 3.81. The Morgan fingerprint density at radius 3 is 3.00 bits per heavy atom. The summed E-state index contributed by atoms with van der Waals surface area (Å²) in [5, 5.41) is 0. The van der Waals surface area contributed by atoms with E-state index in [0.29, 0.717) is 13.0 Å². The molecule has 0 fully saturated rings. The zero-order valence-corrected chi connectivity index (χ0v) is 10.5. The highest BCUT2D eigenvalue weighted by Gasteiger charge is 2.26. The van der Waals surface area contributed by atoms with E-state index in [1.165, 1.54) is 7.11 Å². The van der Waals surface area contributed by atoms with Gasteiger partial charge in [0, 0.05) is 6.54 Å². The molecule has 0 aromatic heterocycles. The van der Waals surface area contributed by atoms with E-state index in [9.17, 15) is 4.79 Å². The van der Waals surface area contributed by atoms with Crippen LogP contribution in [0.1, 0.15) is 17.5 Å². The molecule has 0 saturated heterocycles.